The number of benzene rings is 2. The van der Waals surface area contributed by atoms with Gasteiger partial charge in [0, 0.05) is 80.0 Å². The summed E-state index contributed by atoms with van der Waals surface area (Å²) in [6, 6.07) is 19.8. The molecule has 2 aromatic carbocycles. The van der Waals surface area contributed by atoms with Gasteiger partial charge in [0.1, 0.15) is 29.3 Å². The van der Waals surface area contributed by atoms with E-state index in [1.54, 1.807) is 0 Å². The van der Waals surface area contributed by atoms with Crippen LogP contribution in [0.1, 0.15) is 231 Å². The largest absolute Gasteiger partial charge is 0.481 e. The van der Waals surface area contributed by atoms with Crippen molar-refractivity contribution in [2.24, 2.45) is 4.99 Å². The fourth-order valence-electron chi connectivity index (χ4n) is 9.05. The van der Waals surface area contributed by atoms with E-state index >= 15 is 0 Å². The molecule has 21 nitrogen and oxygen atoms in total. The number of pyridine rings is 2. The van der Waals surface area contributed by atoms with Gasteiger partial charge in [-0.05, 0) is 148 Å². The van der Waals surface area contributed by atoms with Crippen molar-refractivity contribution in [1.82, 2.24) is 9.97 Å². The van der Waals surface area contributed by atoms with Gasteiger partial charge in [0.05, 0.1) is 11.1 Å². The minimum atomic E-state index is -3.11. The van der Waals surface area contributed by atoms with E-state index in [9.17, 15) is 28.8 Å². The number of hydrogen-bond donors (Lipinski definition) is 2. The van der Waals surface area contributed by atoms with Crippen LogP contribution in [0.2, 0.25) is 0 Å². The molecule has 0 amide bonds. The summed E-state index contributed by atoms with van der Waals surface area (Å²) >= 11 is 3.27. The Morgan fingerprint density at radius 2 is 0.849 bits per heavy atom. The van der Waals surface area contributed by atoms with Crippen molar-refractivity contribution in [3.63, 3.8) is 0 Å². The molecular weight excluding hydrogens is 1240 g/mol. The lowest BCUT2D eigenvalue weighted by molar-refractivity contribution is -0.439. The highest BCUT2D eigenvalue weighted by molar-refractivity contribution is 9.09. The maximum atomic E-state index is 12.9. The number of carboxylic acid groups (broad SMARTS) is 2. The van der Waals surface area contributed by atoms with Crippen LogP contribution in [-0.4, -0.2) is 121 Å². The molecule has 0 aliphatic carbocycles. The number of ketones is 4. The van der Waals surface area contributed by atoms with E-state index in [0.717, 1.165) is 110 Å². The molecule has 86 heavy (non-hydrogen) atoms. The van der Waals surface area contributed by atoms with Gasteiger partial charge in [0.15, 0.2) is 28.8 Å². The second-order valence-electron chi connectivity index (χ2n) is 21.2. The molecule has 0 bridgehead atoms. The van der Waals surface area contributed by atoms with E-state index < -0.39 is 43.8 Å². The highest BCUT2D eigenvalue weighted by atomic mass is 79.9. The summed E-state index contributed by atoms with van der Waals surface area (Å²) in [5.74, 6) is -1.52. The van der Waals surface area contributed by atoms with E-state index in [2.05, 4.69) is 108 Å². The molecule has 2 aliphatic heterocycles. The molecule has 2 aromatic heterocycles. The maximum Gasteiger partial charge on any atom is 0.425 e. The second kappa shape index (κ2) is 39.0. The highest BCUT2D eigenvalue weighted by Crippen LogP contribution is 2.43. The Bertz CT molecular complexity index is 3350. The first-order valence-electron chi connectivity index (χ1n) is 28.3. The van der Waals surface area contributed by atoms with Crippen LogP contribution < -0.4 is 0 Å². The number of carbonyl (C=O) groups is 6. The molecule has 4 aromatic rings. The summed E-state index contributed by atoms with van der Waals surface area (Å²) < 4.78 is 78.3. The van der Waals surface area contributed by atoms with E-state index in [4.69, 9.17) is 48.1 Å². The molecule has 0 radical (unpaired) electrons. The van der Waals surface area contributed by atoms with Crippen LogP contribution in [0.5, 0.6) is 0 Å². The zero-order valence-electron chi connectivity index (χ0n) is 50.6. The zero-order chi connectivity index (χ0) is 65.5. The molecule has 6 rings (SSSR count). The normalized spacial score (nSPS) is 12.6. The van der Waals surface area contributed by atoms with E-state index in [1.807, 2.05) is 57.2 Å². The molecule has 0 saturated heterocycles. The topological polar surface area (TPSA) is 338 Å². The van der Waals surface area contributed by atoms with Gasteiger partial charge >= 0.3 is 43.8 Å². The summed E-state index contributed by atoms with van der Waals surface area (Å²) in [6.45, 7) is 21.8. The minimum Gasteiger partial charge on any atom is -0.481 e. The molecule has 0 unspecified atom stereocenters. The molecule has 0 saturated carbocycles. The fraction of sp³-hybridized carbons (Fsp3) is 0.508. The number of nitrogens with zero attached hydrogens (tertiary/aromatic N) is 4. The van der Waals surface area contributed by atoms with Crippen molar-refractivity contribution in [3.05, 3.63) is 94.6 Å². The van der Waals surface area contributed by atoms with Gasteiger partial charge in [0.25, 0.3) is 0 Å². The third kappa shape index (κ3) is 26.3. The van der Waals surface area contributed by atoms with Crippen molar-refractivity contribution in [1.29, 1.82) is 0 Å². The third-order valence-corrected chi connectivity index (χ3v) is 14.6. The number of aliphatic imine (C=N–C) groups is 1. The molecule has 2 aliphatic rings. The molecule has 0 spiro atoms. The number of unbranched alkanes of at least 4 members (excludes halogenated alkanes) is 5. The summed E-state index contributed by atoms with van der Waals surface area (Å²) in [5, 5.41) is 18.1. The third-order valence-electron chi connectivity index (χ3n) is 14.1. The fourth-order valence-corrected chi connectivity index (χ4v) is 9.45. The van der Waals surface area contributed by atoms with Crippen LogP contribution in [0, 0.1) is 0 Å². The number of hydrogen-bond acceptors (Lipinski definition) is 18. The SMILES string of the molecule is CCCC(=O)c1cc(-c2ccc3c(c2)C(C)(C)C(C)=N3)cc(C(=O)CCC)n1.CCCCC(=O)c1cc(-c2ccc3c(c2)C(C)(C)C(C)=[N+]3CCCCCC(=O)O)cc(C(=O)CCC)n1.O=C(O)CCCCCBr.O=S(=O)=O.O=S(=O)=O.O=S(=O)=O. The maximum absolute atomic E-state index is 12.9. The van der Waals surface area contributed by atoms with Gasteiger partial charge in [-0.1, -0.05) is 76.4 Å². The number of rotatable bonds is 26. The number of halogens is 1. The van der Waals surface area contributed by atoms with Gasteiger partial charge in [0.2, 0.25) is 5.69 Å². The van der Waals surface area contributed by atoms with Crippen molar-refractivity contribution >= 4 is 106 Å². The number of aromatic nitrogens is 2. The Labute approximate surface area is 517 Å². The zero-order valence-corrected chi connectivity index (χ0v) is 54.7. The molecule has 0 atom stereocenters. The van der Waals surface area contributed by atoms with Crippen LogP contribution in [0.4, 0.5) is 11.4 Å². The van der Waals surface area contributed by atoms with Gasteiger partial charge in [-0.3, -0.25) is 33.8 Å². The summed E-state index contributed by atoms with van der Waals surface area (Å²) in [6.07, 6.45) is 11.6. The average Bonchev–Trinajstić information content (AvgIpc) is 1.63. The predicted molar refractivity (Wildman–Crippen MR) is 330 cm³/mol. The smallest absolute Gasteiger partial charge is 0.425 e. The van der Waals surface area contributed by atoms with Crippen LogP contribution in [0.25, 0.3) is 22.3 Å². The molecule has 25 heteroatoms. The number of fused-ring (bicyclic) bond motifs is 2. The Morgan fingerprint density at radius 3 is 1.23 bits per heavy atom. The second-order valence-corrected chi connectivity index (χ2v) is 23.2. The van der Waals surface area contributed by atoms with Gasteiger partial charge in [-0.2, -0.15) is 4.58 Å². The number of Topliss-reactive ketones (excluding diaryl/α,β-unsaturated/α-hetero) is 4. The van der Waals surface area contributed by atoms with Crippen LogP contribution >= 0.6 is 15.9 Å². The first-order valence-corrected chi connectivity index (χ1v) is 32.4. The van der Waals surface area contributed by atoms with E-state index in [1.165, 1.54) is 22.5 Å². The predicted octanol–water partition coefficient (Wildman–Crippen LogP) is 12.3. The van der Waals surface area contributed by atoms with Crippen LogP contribution in [-0.2, 0) is 52.2 Å². The van der Waals surface area contributed by atoms with Crippen LogP contribution in [0.3, 0.4) is 0 Å². The Hall–Kier alpha value is -6.96. The summed E-state index contributed by atoms with van der Waals surface area (Å²) in [7, 11) is -9.33. The first kappa shape index (κ1) is 77.1. The first-order chi connectivity index (χ1) is 40.3. The van der Waals surface area contributed by atoms with Crippen molar-refractivity contribution < 1.29 is 81.4 Å². The molecule has 4 heterocycles. The van der Waals surface area contributed by atoms with Gasteiger partial charge in [-0.15, -0.1) is 37.9 Å². The van der Waals surface area contributed by atoms with Gasteiger partial charge < -0.3 is 10.2 Å². The molecule has 0 fully saturated rings. The summed E-state index contributed by atoms with van der Waals surface area (Å²) in [5.41, 5.74) is 11.8. The quantitative estimate of drug-likeness (QED) is 0.0255. The van der Waals surface area contributed by atoms with Crippen molar-refractivity contribution in [2.75, 3.05) is 11.9 Å². The van der Waals surface area contributed by atoms with Crippen molar-refractivity contribution in [2.45, 2.75) is 189 Å². The van der Waals surface area contributed by atoms with E-state index in [-0.39, 0.29) is 40.4 Å². The highest BCUT2D eigenvalue weighted by Gasteiger charge is 2.43. The van der Waals surface area contributed by atoms with Gasteiger partial charge in [-0.25, -0.2) is 9.97 Å². The lowest BCUT2D eigenvalue weighted by atomic mass is 9.81. The average molecular weight is 1320 g/mol. The molecule has 470 valence electrons. The Kier molecular flexibility index (Phi) is 34.9. The Morgan fingerprint density at radius 1 is 0.465 bits per heavy atom. The number of carboxylic acids is 2. The monoisotopic (exact) mass is 1320 g/mol. The standard InChI is InChI=1S/C31H40N2O4.C24H28N2O2.C6H11BrO2.3O3S/c1-6-8-13-29(35)26-20-23(19-25(32-26)28(34)12-7-2)22-15-16-27-24(18-22)31(4,5)21(3)33(27)17-11-9-10-14-30(36)37;1-6-8-22(27)20-13-17(14-21(26-20)23(28)9-7-2)16-10-11-19-18(12-16)24(4,5)15(3)25-19;7-5-3-1-2-4-6(8)9;3*1-4(2)3/h15-16,18-20H,6-14,17H2,1-5H3;10-14H,6-9H2,1-5H3;1-5H2,(H,8,9);;;/p+1. The minimum absolute atomic E-state index is 0.0180. The number of alkyl halides is 1. The lowest BCUT2D eigenvalue weighted by Crippen LogP contribution is -2.26. The number of carbonyl (C=O) groups excluding carboxylic acids is 4. The van der Waals surface area contributed by atoms with Crippen LogP contribution in [0.15, 0.2) is 65.7 Å². The number of aliphatic carboxylic acids is 2. The van der Waals surface area contributed by atoms with E-state index in [0.29, 0.717) is 61.3 Å². The Balaban J connectivity index is 0.000000657. The molecular formula is C61H80BrN4O17S3+. The van der Waals surface area contributed by atoms with Crippen molar-refractivity contribution in [3.8, 4) is 22.3 Å². The lowest BCUT2D eigenvalue weighted by Gasteiger charge is -2.20. The summed E-state index contributed by atoms with van der Waals surface area (Å²) in [4.78, 5) is 84.9. The molecule has 2 N–H and O–H groups in total.